The summed E-state index contributed by atoms with van der Waals surface area (Å²) in [7, 11) is -2.88. The molecule has 0 saturated carbocycles. The molecular formula is C8H7N5O4S2. The highest BCUT2D eigenvalue weighted by Gasteiger charge is 2.27. The molecule has 2 heterocycles. The van der Waals surface area contributed by atoms with Crippen molar-refractivity contribution in [2.24, 2.45) is 0 Å². The van der Waals surface area contributed by atoms with Gasteiger partial charge in [-0.05, 0) is 0 Å². The molecule has 0 bridgehead atoms. The molecule has 2 aromatic rings. The summed E-state index contributed by atoms with van der Waals surface area (Å²) in [6, 6.07) is 0. The number of nitrogens with one attached hydrogen (secondary N) is 1. The lowest BCUT2D eigenvalue weighted by Crippen LogP contribution is -2.17. The predicted octanol–water partition coefficient (Wildman–Crippen LogP) is -0.0845. The van der Waals surface area contributed by atoms with Gasteiger partial charge in [0.25, 0.3) is 16.0 Å². The minimum absolute atomic E-state index is 0.202. The van der Waals surface area contributed by atoms with Crippen LogP contribution in [0.25, 0.3) is 0 Å². The van der Waals surface area contributed by atoms with Crippen LogP contribution in [-0.2, 0) is 14.8 Å². The van der Waals surface area contributed by atoms with Crippen LogP contribution in [0, 0.1) is 0 Å². The number of aromatic nitrogens is 4. The van der Waals surface area contributed by atoms with Crippen molar-refractivity contribution in [3.8, 4) is 0 Å². The molecule has 19 heavy (non-hydrogen) atoms. The first-order valence-electron chi connectivity index (χ1n) is 4.73. The normalized spacial score (nSPS) is 11.0. The quantitative estimate of drug-likeness (QED) is 0.777. The van der Waals surface area contributed by atoms with Crippen LogP contribution in [0.3, 0.4) is 0 Å². The smallest absolute Gasteiger partial charge is 0.358 e. The molecule has 0 aliphatic carbocycles. The topological polar surface area (TPSA) is 124 Å². The summed E-state index contributed by atoms with van der Waals surface area (Å²) >= 11 is 0.781. The van der Waals surface area contributed by atoms with E-state index in [0.717, 1.165) is 18.4 Å². The summed E-state index contributed by atoms with van der Waals surface area (Å²) in [5.74, 6) is -1.04. The van der Waals surface area contributed by atoms with Crippen molar-refractivity contribution in [2.75, 3.05) is 11.8 Å². The largest absolute Gasteiger partial charge is 0.464 e. The number of methoxy groups -OCH3 is 1. The van der Waals surface area contributed by atoms with Gasteiger partial charge in [0.2, 0.25) is 0 Å². The SMILES string of the molecule is COC(=O)c1ncsc1S(=O)(=O)Nc1nccnn1. The average molecular weight is 301 g/mol. The molecule has 1 N–H and O–H groups in total. The zero-order valence-electron chi connectivity index (χ0n) is 9.47. The molecule has 0 aromatic carbocycles. The van der Waals surface area contributed by atoms with Crippen molar-refractivity contribution in [1.82, 2.24) is 20.2 Å². The van der Waals surface area contributed by atoms with E-state index in [1.54, 1.807) is 0 Å². The molecule has 9 nitrogen and oxygen atoms in total. The van der Waals surface area contributed by atoms with Crippen molar-refractivity contribution in [1.29, 1.82) is 0 Å². The van der Waals surface area contributed by atoms with Crippen LogP contribution >= 0.6 is 11.3 Å². The fraction of sp³-hybridized carbons (Fsp3) is 0.125. The van der Waals surface area contributed by atoms with Crippen LogP contribution in [-0.4, -0.2) is 41.7 Å². The van der Waals surface area contributed by atoms with Crippen molar-refractivity contribution < 1.29 is 17.9 Å². The monoisotopic (exact) mass is 301 g/mol. The fourth-order valence-corrected chi connectivity index (χ4v) is 3.20. The van der Waals surface area contributed by atoms with E-state index >= 15 is 0 Å². The standard InChI is InChI=1S/C8H7N5O4S2/c1-17-6(14)5-7(18-4-10-5)19(15,16)13-8-9-2-3-11-12-8/h2-4H,1H3,(H,9,12,13). The predicted molar refractivity (Wildman–Crippen MR) is 64.1 cm³/mol. The van der Waals surface area contributed by atoms with Crippen LogP contribution in [0.2, 0.25) is 0 Å². The van der Waals surface area contributed by atoms with Gasteiger partial charge in [0.1, 0.15) is 0 Å². The zero-order chi connectivity index (χ0) is 13.9. The van der Waals surface area contributed by atoms with E-state index in [0.29, 0.717) is 0 Å². The van der Waals surface area contributed by atoms with Gasteiger partial charge >= 0.3 is 5.97 Å². The number of carbonyl (C=O) groups excluding carboxylic acids is 1. The number of hydrogen-bond donors (Lipinski definition) is 1. The summed E-state index contributed by atoms with van der Waals surface area (Å²) < 4.78 is 30.4. The Hall–Kier alpha value is -2.14. The Labute approximate surface area is 111 Å². The molecule has 2 rings (SSSR count). The lowest BCUT2D eigenvalue weighted by atomic mass is 10.5. The summed E-state index contributed by atoms with van der Waals surface area (Å²) in [6.07, 6.45) is 2.57. The molecule has 11 heteroatoms. The number of esters is 1. The van der Waals surface area contributed by atoms with Crippen molar-refractivity contribution in [3.63, 3.8) is 0 Å². The molecule has 0 aliphatic rings. The Morgan fingerprint density at radius 2 is 2.16 bits per heavy atom. The number of ether oxygens (including phenoxy) is 1. The Balaban J connectivity index is 2.36. The minimum Gasteiger partial charge on any atom is -0.464 e. The Morgan fingerprint density at radius 3 is 2.79 bits per heavy atom. The maximum atomic E-state index is 12.0. The third-order valence-electron chi connectivity index (χ3n) is 1.87. The van der Waals surface area contributed by atoms with Crippen LogP contribution in [0.5, 0.6) is 0 Å². The van der Waals surface area contributed by atoms with Gasteiger partial charge in [-0.1, -0.05) is 0 Å². The molecular weight excluding hydrogens is 294 g/mol. The number of nitrogens with zero attached hydrogens (tertiary/aromatic N) is 4. The number of carbonyl (C=O) groups is 1. The highest BCUT2D eigenvalue weighted by molar-refractivity contribution is 7.94. The lowest BCUT2D eigenvalue weighted by molar-refractivity contribution is 0.0590. The molecule has 100 valence electrons. The van der Waals surface area contributed by atoms with Crippen molar-refractivity contribution in [2.45, 2.75) is 4.21 Å². The van der Waals surface area contributed by atoms with E-state index in [4.69, 9.17) is 0 Å². The van der Waals surface area contributed by atoms with E-state index in [9.17, 15) is 13.2 Å². The highest BCUT2D eigenvalue weighted by atomic mass is 32.2. The molecule has 0 radical (unpaired) electrons. The lowest BCUT2D eigenvalue weighted by Gasteiger charge is -2.04. The molecule has 0 fully saturated rings. The van der Waals surface area contributed by atoms with Gasteiger partial charge in [-0.25, -0.2) is 27.9 Å². The van der Waals surface area contributed by atoms with Gasteiger partial charge in [0.15, 0.2) is 9.90 Å². The molecule has 2 aromatic heterocycles. The molecule has 0 unspecified atom stereocenters. The molecule has 0 saturated heterocycles. The minimum atomic E-state index is -4.02. The summed E-state index contributed by atoms with van der Waals surface area (Å²) in [6.45, 7) is 0. The second-order valence-corrected chi connectivity index (χ2v) is 5.78. The van der Waals surface area contributed by atoms with E-state index in [1.165, 1.54) is 17.9 Å². The number of anilines is 1. The Bertz CT molecular complexity index is 684. The fourth-order valence-electron chi connectivity index (χ4n) is 1.12. The van der Waals surface area contributed by atoms with Gasteiger partial charge in [-0.15, -0.1) is 16.4 Å². The van der Waals surface area contributed by atoms with Crippen molar-refractivity contribution in [3.05, 3.63) is 23.6 Å². The maximum absolute atomic E-state index is 12.0. The first-order chi connectivity index (χ1) is 9.04. The van der Waals surface area contributed by atoms with Crippen LogP contribution in [0.4, 0.5) is 5.95 Å². The first-order valence-corrected chi connectivity index (χ1v) is 7.09. The van der Waals surface area contributed by atoms with Crippen LogP contribution in [0.15, 0.2) is 22.1 Å². The van der Waals surface area contributed by atoms with Gasteiger partial charge in [0.05, 0.1) is 25.0 Å². The van der Waals surface area contributed by atoms with E-state index in [2.05, 4.69) is 29.6 Å². The van der Waals surface area contributed by atoms with Gasteiger partial charge in [0, 0.05) is 0 Å². The van der Waals surface area contributed by atoms with E-state index in [-0.39, 0.29) is 15.9 Å². The van der Waals surface area contributed by atoms with Crippen molar-refractivity contribution >= 4 is 33.3 Å². The third-order valence-corrected chi connectivity index (χ3v) is 4.56. The summed E-state index contributed by atoms with van der Waals surface area (Å²) in [4.78, 5) is 18.7. The first kappa shape index (κ1) is 13.3. The van der Waals surface area contributed by atoms with Gasteiger partial charge in [-0.3, -0.25) is 0 Å². The number of hydrogen-bond acceptors (Lipinski definition) is 9. The molecule has 0 aliphatic heterocycles. The highest BCUT2D eigenvalue weighted by Crippen LogP contribution is 2.22. The molecule has 0 amide bonds. The number of sulfonamides is 1. The Kier molecular flexibility index (Phi) is 3.66. The van der Waals surface area contributed by atoms with Gasteiger partial charge in [-0.2, -0.15) is 5.10 Å². The molecule has 0 atom stereocenters. The number of thiazole rings is 1. The van der Waals surface area contributed by atoms with Crippen LogP contribution in [0.1, 0.15) is 10.5 Å². The Morgan fingerprint density at radius 1 is 1.37 bits per heavy atom. The average Bonchev–Trinajstić information content (AvgIpc) is 2.88. The number of rotatable bonds is 4. The summed E-state index contributed by atoms with van der Waals surface area (Å²) in [5.41, 5.74) is 0.939. The second kappa shape index (κ2) is 5.24. The van der Waals surface area contributed by atoms with Crippen LogP contribution < -0.4 is 4.72 Å². The third kappa shape index (κ3) is 2.82. The van der Waals surface area contributed by atoms with Gasteiger partial charge < -0.3 is 4.74 Å². The molecule has 0 spiro atoms. The van der Waals surface area contributed by atoms with E-state index in [1.807, 2.05) is 0 Å². The maximum Gasteiger partial charge on any atom is 0.358 e. The second-order valence-electron chi connectivity index (χ2n) is 3.05. The van der Waals surface area contributed by atoms with E-state index < -0.39 is 16.0 Å². The zero-order valence-corrected chi connectivity index (χ0v) is 11.1. The summed E-state index contributed by atoms with van der Waals surface area (Å²) in [5, 5.41) is 6.97.